The second-order valence-corrected chi connectivity index (χ2v) is 13.8. The van der Waals surface area contributed by atoms with Gasteiger partial charge < -0.3 is 4.42 Å². The fraction of sp³-hybridized carbons (Fsp3) is 0. The average Bonchev–Trinajstić information content (AvgIpc) is 3.73. The fourth-order valence-corrected chi connectivity index (χ4v) is 9.39. The Morgan fingerprint density at radius 3 is 1.62 bits per heavy atom. The number of rotatable bonds is 2. The zero-order valence-electron chi connectivity index (χ0n) is 25.8. The molecule has 0 aliphatic carbocycles. The topological polar surface area (TPSA) is 13.1 Å². The molecular weight excluding hydrogens is 601 g/mol. The van der Waals surface area contributed by atoms with Crippen molar-refractivity contribution >= 4 is 96.5 Å². The molecule has 9 aromatic carbocycles. The van der Waals surface area contributed by atoms with Gasteiger partial charge in [-0.05, 0) is 84.2 Å². The normalized spacial score (nSPS) is 12.2. The van der Waals surface area contributed by atoms with Crippen molar-refractivity contribution in [2.75, 3.05) is 0 Å². The molecule has 0 unspecified atom stereocenters. The first-order valence-electron chi connectivity index (χ1n) is 16.4. The van der Waals surface area contributed by atoms with Crippen molar-refractivity contribution in [2.24, 2.45) is 0 Å². The summed E-state index contributed by atoms with van der Waals surface area (Å²) >= 11 is 1.86. The van der Waals surface area contributed by atoms with Crippen LogP contribution in [0.25, 0.3) is 107 Å². The third kappa shape index (κ3) is 3.55. The lowest BCUT2D eigenvalue weighted by molar-refractivity contribution is 0.673. The highest BCUT2D eigenvalue weighted by Gasteiger charge is 2.21. The van der Waals surface area contributed by atoms with Gasteiger partial charge >= 0.3 is 0 Å². The number of fused-ring (bicyclic) bond motifs is 13. The molecule has 0 N–H and O–H groups in total. The van der Waals surface area contributed by atoms with Gasteiger partial charge in [0.05, 0.1) is 0 Å². The van der Waals surface area contributed by atoms with Gasteiger partial charge in [0, 0.05) is 36.3 Å². The van der Waals surface area contributed by atoms with Gasteiger partial charge in [-0.1, -0.05) is 133 Å². The summed E-state index contributed by atoms with van der Waals surface area (Å²) in [6.07, 6.45) is 0. The first-order valence-corrected chi connectivity index (χ1v) is 17.2. The molecule has 0 saturated heterocycles. The van der Waals surface area contributed by atoms with Gasteiger partial charge in [0.2, 0.25) is 0 Å². The molecule has 48 heavy (non-hydrogen) atoms. The van der Waals surface area contributed by atoms with Crippen molar-refractivity contribution in [3.8, 4) is 22.3 Å². The monoisotopic (exact) mass is 626 g/mol. The molecule has 0 amide bonds. The largest absolute Gasteiger partial charge is 0.455 e. The van der Waals surface area contributed by atoms with Gasteiger partial charge in [-0.3, -0.25) is 0 Å². The summed E-state index contributed by atoms with van der Waals surface area (Å²) in [5.41, 5.74) is 6.87. The molecule has 0 spiro atoms. The van der Waals surface area contributed by atoms with Crippen molar-refractivity contribution in [1.29, 1.82) is 0 Å². The van der Waals surface area contributed by atoms with E-state index >= 15 is 0 Å². The summed E-state index contributed by atoms with van der Waals surface area (Å²) in [4.78, 5) is 0. The van der Waals surface area contributed by atoms with E-state index in [9.17, 15) is 0 Å². The van der Waals surface area contributed by atoms with E-state index in [0.29, 0.717) is 0 Å². The van der Waals surface area contributed by atoms with Crippen LogP contribution >= 0.6 is 11.3 Å². The predicted molar refractivity (Wildman–Crippen MR) is 208 cm³/mol. The molecule has 0 bridgehead atoms. The van der Waals surface area contributed by atoms with Crippen LogP contribution in [-0.2, 0) is 0 Å². The standard InChI is InChI=1S/C46H26OS/c1-2-12-28-25-29(22-21-27(28)11-1)41-31-13-3-5-15-33(31)42(34-16-6-4-14-32(34)41)30-23-24-39-38(26-30)43-35-17-7-8-18-36(35)46-44(45(43)47-39)37-19-9-10-20-40(37)48-46/h1-26H. The maximum atomic E-state index is 6.82. The van der Waals surface area contributed by atoms with Crippen molar-refractivity contribution in [3.63, 3.8) is 0 Å². The molecule has 2 heteroatoms. The highest BCUT2D eigenvalue weighted by Crippen LogP contribution is 2.49. The average molecular weight is 627 g/mol. The second-order valence-electron chi connectivity index (χ2n) is 12.8. The third-order valence-electron chi connectivity index (χ3n) is 10.2. The quantitative estimate of drug-likeness (QED) is 0.174. The Kier molecular flexibility index (Phi) is 5.32. The molecule has 0 atom stereocenters. The first kappa shape index (κ1) is 26.1. The smallest absolute Gasteiger partial charge is 0.145 e. The van der Waals surface area contributed by atoms with E-state index < -0.39 is 0 Å². The number of thiophene rings is 1. The highest BCUT2D eigenvalue weighted by molar-refractivity contribution is 7.27. The Hall–Kier alpha value is -5.96. The lowest BCUT2D eigenvalue weighted by Gasteiger charge is -2.18. The maximum Gasteiger partial charge on any atom is 0.145 e. The van der Waals surface area contributed by atoms with E-state index in [2.05, 4.69) is 158 Å². The Morgan fingerprint density at radius 2 is 0.917 bits per heavy atom. The van der Waals surface area contributed by atoms with E-state index in [1.54, 1.807) is 0 Å². The van der Waals surface area contributed by atoms with E-state index in [1.807, 2.05) is 11.3 Å². The van der Waals surface area contributed by atoms with Gasteiger partial charge in [-0.2, -0.15) is 0 Å². The summed E-state index contributed by atoms with van der Waals surface area (Å²) < 4.78 is 9.40. The molecule has 0 saturated carbocycles. The minimum atomic E-state index is 0.920. The number of benzene rings is 9. The minimum absolute atomic E-state index is 0.920. The maximum absolute atomic E-state index is 6.82. The van der Waals surface area contributed by atoms with E-state index in [4.69, 9.17) is 4.42 Å². The molecule has 2 heterocycles. The Bertz CT molecular complexity index is 3060. The van der Waals surface area contributed by atoms with Crippen LogP contribution in [0.15, 0.2) is 162 Å². The molecule has 0 aliphatic rings. The van der Waals surface area contributed by atoms with Gasteiger partial charge in [-0.15, -0.1) is 11.3 Å². The summed E-state index contributed by atoms with van der Waals surface area (Å²) in [7, 11) is 0. The number of furan rings is 1. The Balaban J connectivity index is 1.25. The summed E-state index contributed by atoms with van der Waals surface area (Å²) in [5.74, 6) is 0. The molecule has 11 rings (SSSR count). The van der Waals surface area contributed by atoms with Crippen LogP contribution in [0.2, 0.25) is 0 Å². The molecule has 11 aromatic rings. The van der Waals surface area contributed by atoms with E-state index in [0.717, 1.165) is 16.6 Å². The van der Waals surface area contributed by atoms with Gasteiger partial charge in [0.15, 0.2) is 0 Å². The molecule has 0 fully saturated rings. The molecule has 2 aromatic heterocycles. The zero-order chi connectivity index (χ0) is 31.3. The SMILES string of the molecule is c1ccc2cc(-c3c4ccccc4c(-c4ccc5oc6c(c5c4)c4ccccc4c4sc5ccccc5c64)c4ccccc34)ccc2c1. The van der Waals surface area contributed by atoms with Crippen LogP contribution in [0.1, 0.15) is 0 Å². The molecule has 0 aliphatic heterocycles. The first-order chi connectivity index (χ1) is 23.8. The lowest BCUT2D eigenvalue weighted by atomic mass is 9.85. The highest BCUT2D eigenvalue weighted by atomic mass is 32.1. The molecule has 1 nitrogen and oxygen atoms in total. The van der Waals surface area contributed by atoms with Crippen LogP contribution < -0.4 is 0 Å². The van der Waals surface area contributed by atoms with Crippen LogP contribution in [-0.4, -0.2) is 0 Å². The molecule has 222 valence electrons. The van der Waals surface area contributed by atoms with Gasteiger partial charge in [0.1, 0.15) is 11.2 Å². The summed E-state index contributed by atoms with van der Waals surface area (Å²) in [6.45, 7) is 0. The van der Waals surface area contributed by atoms with Crippen LogP contribution in [0.4, 0.5) is 0 Å². The van der Waals surface area contributed by atoms with Crippen molar-refractivity contribution in [3.05, 3.63) is 158 Å². The van der Waals surface area contributed by atoms with Crippen molar-refractivity contribution in [1.82, 2.24) is 0 Å². The second kappa shape index (κ2) is 9.78. The summed E-state index contributed by atoms with van der Waals surface area (Å²) in [6, 6.07) is 57.6. The number of hydrogen-bond acceptors (Lipinski definition) is 2. The third-order valence-corrected chi connectivity index (χ3v) is 11.4. The summed E-state index contributed by atoms with van der Waals surface area (Å²) in [5, 5.41) is 14.9. The van der Waals surface area contributed by atoms with E-state index in [-0.39, 0.29) is 0 Å². The van der Waals surface area contributed by atoms with Crippen molar-refractivity contribution < 1.29 is 4.42 Å². The zero-order valence-corrected chi connectivity index (χ0v) is 26.6. The fourth-order valence-electron chi connectivity index (χ4n) is 8.15. The lowest BCUT2D eigenvalue weighted by Crippen LogP contribution is -1.91. The predicted octanol–water partition coefficient (Wildman–Crippen LogP) is 13.9. The van der Waals surface area contributed by atoms with Crippen LogP contribution in [0, 0.1) is 0 Å². The Labute approximate surface area is 279 Å². The molecule has 0 radical (unpaired) electrons. The van der Waals surface area contributed by atoms with Crippen LogP contribution in [0.5, 0.6) is 0 Å². The van der Waals surface area contributed by atoms with Crippen molar-refractivity contribution in [2.45, 2.75) is 0 Å². The Morgan fingerprint density at radius 1 is 0.375 bits per heavy atom. The number of hydrogen-bond donors (Lipinski definition) is 0. The van der Waals surface area contributed by atoms with Gasteiger partial charge in [0.25, 0.3) is 0 Å². The van der Waals surface area contributed by atoms with Crippen LogP contribution in [0.3, 0.4) is 0 Å². The minimum Gasteiger partial charge on any atom is -0.455 e. The van der Waals surface area contributed by atoms with Gasteiger partial charge in [-0.25, -0.2) is 0 Å². The van der Waals surface area contributed by atoms with E-state index in [1.165, 1.54) is 90.9 Å². The molecular formula is C46H26OS.